The van der Waals surface area contributed by atoms with E-state index in [2.05, 4.69) is 36.7 Å². The van der Waals surface area contributed by atoms with Gasteiger partial charge in [0.25, 0.3) is 0 Å². The molecule has 0 amide bonds. The van der Waals surface area contributed by atoms with Gasteiger partial charge < -0.3 is 4.74 Å². The zero-order valence-electron chi connectivity index (χ0n) is 8.97. The smallest absolute Gasteiger partial charge is 0.306 e. The highest BCUT2D eigenvalue weighted by Gasteiger charge is 2.54. The highest BCUT2D eigenvalue weighted by molar-refractivity contribution is 9.09. The fourth-order valence-electron chi connectivity index (χ4n) is 3.23. The number of carbonyl (C=O) groups is 1. The fraction of sp³-hybridized carbons (Fsp3) is 0.909. The third-order valence-corrected chi connectivity index (χ3v) is 4.26. The Kier molecular flexibility index (Phi) is 2.22. The predicted octanol–water partition coefficient (Wildman–Crippen LogP) is 2.89. The van der Waals surface area contributed by atoms with Crippen molar-refractivity contribution >= 4 is 21.9 Å². The molecule has 1 saturated carbocycles. The summed E-state index contributed by atoms with van der Waals surface area (Å²) in [5, 5.41) is 0. The summed E-state index contributed by atoms with van der Waals surface area (Å²) in [6.07, 6.45) is 2.84. The van der Waals surface area contributed by atoms with Crippen LogP contribution in [0.25, 0.3) is 0 Å². The Balaban J connectivity index is 2.27. The second-order valence-corrected chi connectivity index (χ2v) is 6.98. The van der Waals surface area contributed by atoms with E-state index < -0.39 is 0 Å². The maximum absolute atomic E-state index is 11.3. The van der Waals surface area contributed by atoms with Crippen LogP contribution in [0.4, 0.5) is 0 Å². The molecule has 0 N–H and O–H groups in total. The minimum Gasteiger partial charge on any atom is -0.461 e. The quantitative estimate of drug-likeness (QED) is 0.495. The van der Waals surface area contributed by atoms with E-state index in [1.807, 2.05) is 0 Å². The van der Waals surface area contributed by atoms with Crippen LogP contribution in [-0.2, 0) is 9.53 Å². The van der Waals surface area contributed by atoms with Crippen LogP contribution in [0.5, 0.6) is 0 Å². The topological polar surface area (TPSA) is 26.3 Å². The molecule has 0 aromatic heterocycles. The summed E-state index contributed by atoms with van der Waals surface area (Å²) in [5.74, 6) is -0.0281. The van der Waals surface area contributed by atoms with Crippen LogP contribution in [0, 0.1) is 10.8 Å². The average Bonchev–Trinajstić information content (AvgIpc) is 2.21. The van der Waals surface area contributed by atoms with Gasteiger partial charge in [0.2, 0.25) is 0 Å². The van der Waals surface area contributed by atoms with Crippen molar-refractivity contribution < 1.29 is 9.53 Å². The lowest BCUT2D eigenvalue weighted by atomic mass is 9.62. The summed E-state index contributed by atoms with van der Waals surface area (Å²) < 4.78 is 5.39. The van der Waals surface area contributed by atoms with Crippen molar-refractivity contribution in [3.05, 3.63) is 0 Å². The van der Waals surface area contributed by atoms with Crippen molar-refractivity contribution in [1.29, 1.82) is 0 Å². The number of hydrogen-bond acceptors (Lipinski definition) is 2. The second-order valence-electron chi connectivity index (χ2n) is 5.80. The van der Waals surface area contributed by atoms with Crippen molar-refractivity contribution in [2.75, 3.05) is 0 Å². The minimum atomic E-state index is -0.0281. The summed E-state index contributed by atoms with van der Waals surface area (Å²) >= 11 is 3.66. The van der Waals surface area contributed by atoms with Crippen LogP contribution in [0.3, 0.4) is 0 Å². The predicted molar refractivity (Wildman–Crippen MR) is 58.3 cm³/mol. The van der Waals surface area contributed by atoms with Crippen molar-refractivity contribution in [3.63, 3.8) is 0 Å². The van der Waals surface area contributed by atoms with Gasteiger partial charge in [-0.05, 0) is 18.3 Å². The monoisotopic (exact) mass is 260 g/mol. The molecule has 0 unspecified atom stereocenters. The summed E-state index contributed by atoms with van der Waals surface area (Å²) in [6.45, 7) is 6.72. The molecule has 1 saturated heterocycles. The van der Waals surface area contributed by atoms with Crippen molar-refractivity contribution in [2.45, 2.75) is 51.0 Å². The van der Waals surface area contributed by atoms with E-state index in [0.29, 0.717) is 16.7 Å². The van der Waals surface area contributed by atoms with Crippen LogP contribution in [-0.4, -0.2) is 16.9 Å². The molecule has 1 heterocycles. The maximum atomic E-state index is 11.3. The van der Waals surface area contributed by atoms with E-state index in [0.717, 1.165) is 12.8 Å². The number of ether oxygens (including phenoxy) is 1. The van der Waals surface area contributed by atoms with E-state index >= 15 is 0 Å². The first-order chi connectivity index (χ1) is 6.32. The number of esters is 1. The maximum Gasteiger partial charge on any atom is 0.306 e. The van der Waals surface area contributed by atoms with Crippen LogP contribution >= 0.6 is 15.9 Å². The lowest BCUT2D eigenvalue weighted by Crippen LogP contribution is -2.45. The van der Waals surface area contributed by atoms with E-state index in [9.17, 15) is 4.79 Å². The molecule has 2 aliphatic rings. The minimum absolute atomic E-state index is 0.0281. The zero-order chi connectivity index (χ0) is 10.6. The van der Waals surface area contributed by atoms with Crippen molar-refractivity contribution in [1.82, 2.24) is 0 Å². The van der Waals surface area contributed by atoms with Gasteiger partial charge in [-0.25, -0.2) is 0 Å². The highest BCUT2D eigenvalue weighted by atomic mass is 79.9. The normalized spacial score (nSPS) is 45.9. The molecular formula is C11H17BrO2. The Morgan fingerprint density at radius 1 is 1.43 bits per heavy atom. The van der Waals surface area contributed by atoms with Gasteiger partial charge in [-0.2, -0.15) is 0 Å². The van der Waals surface area contributed by atoms with Gasteiger partial charge in [0.15, 0.2) is 0 Å². The molecule has 2 fully saturated rings. The van der Waals surface area contributed by atoms with Gasteiger partial charge in [0, 0.05) is 5.41 Å². The molecule has 1 aliphatic heterocycles. The number of fused-ring (bicyclic) bond motifs is 1. The molecule has 0 spiro atoms. The lowest BCUT2D eigenvalue weighted by molar-refractivity contribution is -0.142. The Morgan fingerprint density at radius 2 is 2.07 bits per heavy atom. The van der Waals surface area contributed by atoms with E-state index in [1.54, 1.807) is 0 Å². The van der Waals surface area contributed by atoms with Gasteiger partial charge in [0.1, 0.15) is 6.10 Å². The van der Waals surface area contributed by atoms with Crippen LogP contribution in [0.15, 0.2) is 0 Å². The Labute approximate surface area is 93.5 Å². The number of alkyl halides is 1. The lowest BCUT2D eigenvalue weighted by Gasteiger charge is -2.45. The van der Waals surface area contributed by atoms with E-state index in [1.165, 1.54) is 0 Å². The molecule has 0 radical (unpaired) electrons. The first-order valence-corrected chi connectivity index (χ1v) is 6.08. The van der Waals surface area contributed by atoms with Crippen molar-refractivity contribution in [2.24, 2.45) is 10.8 Å². The second kappa shape index (κ2) is 2.97. The number of hydrogen-bond donors (Lipinski definition) is 0. The highest BCUT2D eigenvalue weighted by Crippen LogP contribution is 2.54. The van der Waals surface area contributed by atoms with Crippen molar-refractivity contribution in [3.8, 4) is 0 Å². The van der Waals surface area contributed by atoms with Gasteiger partial charge in [0.05, 0.1) is 11.2 Å². The molecule has 0 aromatic carbocycles. The summed E-state index contributed by atoms with van der Waals surface area (Å²) in [6, 6.07) is 0. The Bertz CT molecular complexity index is 274. The number of carbonyl (C=O) groups excluding carboxylic acids is 1. The Hall–Kier alpha value is -0.0500. The first kappa shape index (κ1) is 10.5. The molecule has 2 rings (SSSR count). The number of rotatable bonds is 0. The molecule has 0 aromatic rings. The molecule has 2 nitrogen and oxygen atoms in total. The molecule has 80 valence electrons. The Morgan fingerprint density at radius 3 is 2.71 bits per heavy atom. The molecule has 0 bridgehead atoms. The number of halogens is 1. The molecule has 3 heteroatoms. The van der Waals surface area contributed by atoms with Gasteiger partial charge in [-0.3, -0.25) is 4.79 Å². The average molecular weight is 261 g/mol. The standard InChI is InChI=1S/C11H17BrO2/c1-10(2)4-7(12)9-11(3,6-10)5-8(13)14-9/h7,9H,4-6H2,1-3H3/t7-,9+,11-/m1/s1. The third kappa shape index (κ3) is 1.60. The fourth-order valence-corrected chi connectivity index (χ4v) is 4.85. The van der Waals surface area contributed by atoms with Gasteiger partial charge in [-0.15, -0.1) is 0 Å². The first-order valence-electron chi connectivity index (χ1n) is 5.16. The molecule has 1 aliphatic carbocycles. The van der Waals surface area contributed by atoms with E-state index in [4.69, 9.17) is 4.74 Å². The van der Waals surface area contributed by atoms with Crippen LogP contribution < -0.4 is 0 Å². The largest absolute Gasteiger partial charge is 0.461 e. The van der Waals surface area contributed by atoms with Gasteiger partial charge >= 0.3 is 5.97 Å². The summed E-state index contributed by atoms with van der Waals surface area (Å²) in [7, 11) is 0. The molecule has 14 heavy (non-hydrogen) atoms. The van der Waals surface area contributed by atoms with Crippen LogP contribution in [0.1, 0.15) is 40.0 Å². The SMILES string of the molecule is CC1(C)C[C@@H](Br)[C@@H]2OC(=O)C[C@]2(C)C1. The molecule has 3 atom stereocenters. The summed E-state index contributed by atoms with van der Waals surface area (Å²) in [4.78, 5) is 11.7. The molecular weight excluding hydrogens is 244 g/mol. The summed E-state index contributed by atoms with van der Waals surface area (Å²) in [5.41, 5.74) is 0.362. The van der Waals surface area contributed by atoms with E-state index in [-0.39, 0.29) is 17.5 Å². The third-order valence-electron chi connectivity index (χ3n) is 3.45. The zero-order valence-corrected chi connectivity index (χ0v) is 10.6. The van der Waals surface area contributed by atoms with Gasteiger partial charge in [-0.1, -0.05) is 36.7 Å². The van der Waals surface area contributed by atoms with Crippen LogP contribution in [0.2, 0.25) is 0 Å².